The lowest BCUT2D eigenvalue weighted by Crippen LogP contribution is -2.49. The number of aliphatic carboxylic acids is 1. The van der Waals surface area contributed by atoms with Crippen LogP contribution in [-0.2, 0) is 9.59 Å². The summed E-state index contributed by atoms with van der Waals surface area (Å²) in [4.78, 5) is 22.8. The number of rotatable bonds is 4. The molecule has 0 bridgehead atoms. The van der Waals surface area contributed by atoms with Gasteiger partial charge in [0.2, 0.25) is 0 Å². The van der Waals surface area contributed by atoms with Crippen LogP contribution in [0.15, 0.2) is 34.9 Å². The van der Waals surface area contributed by atoms with E-state index in [4.69, 9.17) is 5.11 Å². The first-order valence-corrected chi connectivity index (χ1v) is 7.11. The zero-order chi connectivity index (χ0) is 16.4. The molecule has 0 aromatic carbocycles. The number of carboxylic acids is 1. The summed E-state index contributed by atoms with van der Waals surface area (Å²) >= 11 is 0. The van der Waals surface area contributed by atoms with E-state index in [0.717, 1.165) is 6.08 Å². The van der Waals surface area contributed by atoms with Gasteiger partial charge in [0.15, 0.2) is 5.78 Å². The fraction of sp³-hybridized carbons (Fsp3) is 0.529. The maximum Gasteiger partial charge on any atom is 0.328 e. The van der Waals surface area contributed by atoms with Gasteiger partial charge in [0.25, 0.3) is 0 Å². The van der Waals surface area contributed by atoms with Gasteiger partial charge in [-0.25, -0.2) is 4.79 Å². The van der Waals surface area contributed by atoms with Crippen LogP contribution in [0.5, 0.6) is 0 Å². The van der Waals surface area contributed by atoms with Crippen LogP contribution in [0.1, 0.15) is 47.5 Å². The zero-order valence-corrected chi connectivity index (χ0v) is 13.4. The van der Waals surface area contributed by atoms with Crippen molar-refractivity contribution in [1.29, 1.82) is 0 Å². The van der Waals surface area contributed by atoms with E-state index in [-0.39, 0.29) is 12.2 Å². The normalized spacial score (nSPS) is 26.6. The maximum atomic E-state index is 12.1. The van der Waals surface area contributed by atoms with Crippen molar-refractivity contribution in [2.75, 3.05) is 0 Å². The second kappa shape index (κ2) is 5.98. The molecule has 1 aliphatic carbocycles. The Morgan fingerprint density at radius 3 is 2.43 bits per heavy atom. The van der Waals surface area contributed by atoms with Crippen molar-refractivity contribution in [1.82, 2.24) is 0 Å². The molecule has 0 aromatic heterocycles. The highest BCUT2D eigenvalue weighted by molar-refractivity contribution is 5.98. The van der Waals surface area contributed by atoms with Crippen molar-refractivity contribution in [2.45, 2.75) is 53.1 Å². The van der Waals surface area contributed by atoms with Crippen molar-refractivity contribution in [2.24, 2.45) is 5.41 Å². The van der Waals surface area contributed by atoms with Crippen molar-refractivity contribution in [3.8, 4) is 0 Å². The van der Waals surface area contributed by atoms with Gasteiger partial charge in [-0.05, 0) is 43.1 Å². The molecule has 0 spiro atoms. The number of Topliss-reactive ketones (excluding diaryl/α,β-unsaturated/α-hetero) is 1. The summed E-state index contributed by atoms with van der Waals surface area (Å²) in [5.41, 5.74) is -0.0198. The van der Waals surface area contributed by atoms with Crippen LogP contribution < -0.4 is 0 Å². The smallest absolute Gasteiger partial charge is 0.328 e. The quantitative estimate of drug-likeness (QED) is 0.617. The van der Waals surface area contributed by atoms with Crippen LogP contribution in [0.2, 0.25) is 0 Å². The lowest BCUT2D eigenvalue weighted by molar-refractivity contribution is -0.131. The van der Waals surface area contributed by atoms with Crippen molar-refractivity contribution >= 4 is 11.8 Å². The fourth-order valence-corrected chi connectivity index (χ4v) is 2.90. The van der Waals surface area contributed by atoms with Crippen LogP contribution in [0.3, 0.4) is 0 Å². The second-order valence-electron chi connectivity index (χ2n) is 6.27. The Balaban J connectivity index is 3.33. The minimum Gasteiger partial charge on any atom is -0.478 e. The first-order valence-electron chi connectivity index (χ1n) is 7.11. The third-order valence-corrected chi connectivity index (χ3v) is 4.29. The van der Waals surface area contributed by atoms with E-state index in [2.05, 4.69) is 0 Å². The van der Waals surface area contributed by atoms with Crippen LogP contribution in [0.25, 0.3) is 0 Å². The largest absolute Gasteiger partial charge is 0.478 e. The molecule has 1 rings (SSSR count). The molecule has 0 aliphatic heterocycles. The first-order chi connectivity index (χ1) is 9.55. The molecule has 116 valence electrons. The molecule has 0 saturated carbocycles. The monoisotopic (exact) mass is 292 g/mol. The van der Waals surface area contributed by atoms with Crippen LogP contribution in [-0.4, -0.2) is 27.6 Å². The zero-order valence-electron chi connectivity index (χ0n) is 13.4. The van der Waals surface area contributed by atoms with Gasteiger partial charge in [-0.15, -0.1) is 0 Å². The van der Waals surface area contributed by atoms with Gasteiger partial charge < -0.3 is 10.2 Å². The Hall–Kier alpha value is -1.68. The first kappa shape index (κ1) is 17.4. The summed E-state index contributed by atoms with van der Waals surface area (Å²) in [6, 6.07) is 0. The third-order valence-electron chi connectivity index (χ3n) is 4.29. The third kappa shape index (κ3) is 3.32. The maximum absolute atomic E-state index is 12.1. The second-order valence-corrected chi connectivity index (χ2v) is 6.27. The Bertz CT molecular complexity index is 549. The molecule has 4 heteroatoms. The molecule has 0 unspecified atom stereocenters. The van der Waals surface area contributed by atoms with E-state index in [1.807, 2.05) is 20.8 Å². The van der Waals surface area contributed by atoms with Gasteiger partial charge in [0, 0.05) is 17.9 Å². The minimum atomic E-state index is -1.25. The highest BCUT2D eigenvalue weighted by Crippen LogP contribution is 2.47. The van der Waals surface area contributed by atoms with Gasteiger partial charge in [0.05, 0.1) is 0 Å². The number of hydrogen-bond acceptors (Lipinski definition) is 3. The number of allylic oxidation sites excluding steroid dienone is 3. The summed E-state index contributed by atoms with van der Waals surface area (Å²) in [7, 11) is 0. The minimum absolute atomic E-state index is 0.0795. The predicted molar refractivity (Wildman–Crippen MR) is 81.9 cm³/mol. The summed E-state index contributed by atoms with van der Waals surface area (Å²) in [5.74, 6) is -0.945. The Kier molecular flexibility index (Phi) is 4.95. The van der Waals surface area contributed by atoms with Gasteiger partial charge in [-0.3, -0.25) is 4.79 Å². The van der Waals surface area contributed by atoms with Crippen LogP contribution in [0.4, 0.5) is 0 Å². The molecule has 1 aliphatic rings. The molecule has 0 aromatic rings. The highest BCUT2D eigenvalue weighted by Gasteiger charge is 2.48. The van der Waals surface area contributed by atoms with Crippen LogP contribution in [0, 0.1) is 5.41 Å². The number of carbonyl (C=O) groups excluding carboxylic acids is 1. The van der Waals surface area contributed by atoms with Crippen molar-refractivity contribution in [3.05, 3.63) is 34.9 Å². The highest BCUT2D eigenvalue weighted by atomic mass is 16.4. The lowest BCUT2D eigenvalue weighted by Gasteiger charge is -2.45. The molecule has 0 amide bonds. The summed E-state index contributed by atoms with van der Waals surface area (Å²) < 4.78 is 0. The lowest BCUT2D eigenvalue weighted by atomic mass is 9.62. The fourth-order valence-electron chi connectivity index (χ4n) is 2.90. The summed E-state index contributed by atoms with van der Waals surface area (Å²) in [6.45, 7) is 9.03. The molecule has 2 N–H and O–H groups in total. The van der Waals surface area contributed by atoms with E-state index < -0.39 is 17.0 Å². The number of carboxylic acid groups (broad SMARTS) is 1. The average Bonchev–Trinajstić information content (AvgIpc) is 2.33. The Labute approximate surface area is 125 Å². The summed E-state index contributed by atoms with van der Waals surface area (Å²) in [5, 5.41) is 19.8. The molecule has 0 fully saturated rings. The van der Waals surface area contributed by atoms with E-state index in [1.54, 1.807) is 26.0 Å². The number of hydrogen-bond donors (Lipinski definition) is 2. The van der Waals surface area contributed by atoms with Crippen molar-refractivity contribution < 1.29 is 19.8 Å². The molecule has 0 heterocycles. The van der Waals surface area contributed by atoms with E-state index in [1.165, 1.54) is 0 Å². The van der Waals surface area contributed by atoms with Gasteiger partial charge in [-0.2, -0.15) is 0 Å². The standard InChI is InChI=1S/C17H24O4/c1-6-13-12(3)17(21,16(4,5)10-14(13)18)8-7-11(2)9-15(19)20/h7-9,21H,6,10H2,1-5H3,(H,19,20)/b8-7+,11-9-/t17-/m0/s1. The van der Waals surface area contributed by atoms with E-state index in [0.29, 0.717) is 23.1 Å². The molecule has 4 nitrogen and oxygen atoms in total. The van der Waals surface area contributed by atoms with Gasteiger partial charge in [0.1, 0.15) is 5.60 Å². The number of aliphatic hydroxyl groups is 1. The molecular weight excluding hydrogens is 268 g/mol. The summed E-state index contributed by atoms with van der Waals surface area (Å²) in [6.07, 6.45) is 5.15. The average molecular weight is 292 g/mol. The Morgan fingerprint density at radius 1 is 1.38 bits per heavy atom. The van der Waals surface area contributed by atoms with E-state index in [9.17, 15) is 14.7 Å². The molecular formula is C17H24O4. The number of carbonyl (C=O) groups is 2. The molecule has 1 atom stereocenters. The topological polar surface area (TPSA) is 74.6 Å². The SMILES string of the molecule is CCC1=C(C)[C@@](O)(/C=C/C(C)=C\C(=O)O)C(C)(C)CC1=O. The Morgan fingerprint density at radius 2 is 1.95 bits per heavy atom. The van der Waals surface area contributed by atoms with Crippen LogP contribution >= 0.6 is 0 Å². The predicted octanol–water partition coefficient (Wildman–Crippen LogP) is 3.03. The molecule has 0 saturated heterocycles. The molecule has 21 heavy (non-hydrogen) atoms. The number of ketones is 1. The van der Waals surface area contributed by atoms with E-state index >= 15 is 0 Å². The molecule has 0 radical (unpaired) electrons. The van der Waals surface area contributed by atoms with Crippen molar-refractivity contribution in [3.63, 3.8) is 0 Å². The van der Waals surface area contributed by atoms with Gasteiger partial charge >= 0.3 is 5.97 Å². The van der Waals surface area contributed by atoms with Gasteiger partial charge in [-0.1, -0.05) is 26.8 Å².